The number of Topliss-reactive ketones (excluding diaryl/α,β-unsaturated/α-hetero) is 1. The van der Waals surface area contributed by atoms with Crippen molar-refractivity contribution in [2.24, 2.45) is 0 Å². The summed E-state index contributed by atoms with van der Waals surface area (Å²) in [7, 11) is 0. The van der Waals surface area contributed by atoms with Gasteiger partial charge in [0.25, 0.3) is 0 Å². The van der Waals surface area contributed by atoms with E-state index in [0.29, 0.717) is 11.4 Å². The quantitative estimate of drug-likeness (QED) is 0.784. The average molecular weight is 320 g/mol. The molecule has 2 aromatic rings. The van der Waals surface area contributed by atoms with Crippen LogP contribution in [-0.4, -0.2) is 10.8 Å². The Hall–Kier alpha value is -1.68. The Bertz CT molecular complexity index is 598. The number of aryl methyl sites for hydroxylation is 2. The Morgan fingerprint density at radius 1 is 1.21 bits per heavy atom. The van der Waals surface area contributed by atoms with Crippen LogP contribution in [0.15, 0.2) is 34.9 Å². The molecule has 0 saturated heterocycles. The lowest BCUT2D eigenvalue weighted by atomic mass is 10.1. The summed E-state index contributed by atoms with van der Waals surface area (Å²) >= 11 is 3.52. The predicted octanol–water partition coefficient (Wildman–Crippen LogP) is 4.46. The molecule has 0 unspecified atom stereocenters. The van der Waals surface area contributed by atoms with Gasteiger partial charge in [-0.25, -0.2) is 4.98 Å². The molecule has 0 fully saturated rings. The number of nitrogens with zero attached hydrogens (tertiary/aromatic N) is 1. The summed E-state index contributed by atoms with van der Waals surface area (Å²) in [6, 6.07) is 7.29. The number of hydrogen-bond donors (Lipinski definition) is 0. The Morgan fingerprint density at radius 3 is 2.32 bits per heavy atom. The fraction of sp³-hybridized carbons (Fsp3) is 0.200. The Morgan fingerprint density at radius 2 is 1.84 bits per heavy atom. The van der Waals surface area contributed by atoms with Crippen LogP contribution in [0.5, 0.6) is 11.6 Å². The molecule has 3 nitrogen and oxygen atoms in total. The third kappa shape index (κ3) is 3.20. The molecule has 0 spiro atoms. The van der Waals surface area contributed by atoms with Crippen LogP contribution in [0, 0.1) is 13.8 Å². The Balaban J connectivity index is 2.24. The van der Waals surface area contributed by atoms with Crippen LogP contribution < -0.4 is 4.74 Å². The first kappa shape index (κ1) is 13.7. The van der Waals surface area contributed by atoms with Crippen molar-refractivity contribution in [3.8, 4) is 11.6 Å². The van der Waals surface area contributed by atoms with E-state index in [9.17, 15) is 4.79 Å². The van der Waals surface area contributed by atoms with E-state index in [-0.39, 0.29) is 5.78 Å². The second kappa shape index (κ2) is 5.53. The maximum atomic E-state index is 11.2. The first-order valence-electron chi connectivity index (χ1n) is 5.89. The highest BCUT2D eigenvalue weighted by molar-refractivity contribution is 9.10. The van der Waals surface area contributed by atoms with Gasteiger partial charge in [-0.2, -0.15) is 0 Å². The number of ketones is 1. The van der Waals surface area contributed by atoms with Gasteiger partial charge >= 0.3 is 0 Å². The van der Waals surface area contributed by atoms with Crippen LogP contribution in [-0.2, 0) is 0 Å². The molecule has 0 aliphatic heterocycles. The average Bonchev–Trinajstić information content (AvgIpc) is 2.36. The molecule has 19 heavy (non-hydrogen) atoms. The van der Waals surface area contributed by atoms with Crippen LogP contribution in [0.4, 0.5) is 0 Å². The van der Waals surface area contributed by atoms with Gasteiger partial charge in [-0.15, -0.1) is 0 Å². The molecular formula is C15H14BrNO2. The smallest absolute Gasteiger partial charge is 0.219 e. The van der Waals surface area contributed by atoms with Crippen molar-refractivity contribution in [3.05, 3.63) is 51.6 Å². The molecule has 2 rings (SSSR count). The molecule has 0 bridgehead atoms. The van der Waals surface area contributed by atoms with Gasteiger partial charge in [-0.3, -0.25) is 4.79 Å². The standard InChI is InChI=1S/C15H14BrNO2/c1-9-6-13(7-10(2)15(9)16)19-14-5-4-12(8-17-14)11(3)18/h4-8H,1-3H3. The maximum Gasteiger partial charge on any atom is 0.219 e. The fourth-order valence-corrected chi connectivity index (χ4v) is 1.96. The number of aromatic nitrogens is 1. The SMILES string of the molecule is CC(=O)c1ccc(Oc2cc(C)c(Br)c(C)c2)nc1. The monoisotopic (exact) mass is 319 g/mol. The highest BCUT2D eigenvalue weighted by atomic mass is 79.9. The number of ether oxygens (including phenoxy) is 1. The number of carbonyl (C=O) groups is 1. The van der Waals surface area contributed by atoms with Crippen molar-refractivity contribution >= 4 is 21.7 Å². The zero-order valence-corrected chi connectivity index (χ0v) is 12.6. The highest BCUT2D eigenvalue weighted by Crippen LogP contribution is 2.28. The molecular weight excluding hydrogens is 306 g/mol. The molecule has 0 aliphatic rings. The minimum atomic E-state index is -0.00520. The van der Waals surface area contributed by atoms with E-state index in [0.717, 1.165) is 21.3 Å². The molecule has 0 N–H and O–H groups in total. The largest absolute Gasteiger partial charge is 0.439 e. The van der Waals surface area contributed by atoms with Crippen molar-refractivity contribution in [3.63, 3.8) is 0 Å². The summed E-state index contributed by atoms with van der Waals surface area (Å²) in [6.45, 7) is 5.53. The topological polar surface area (TPSA) is 39.2 Å². The fourth-order valence-electron chi connectivity index (χ4n) is 1.73. The van der Waals surface area contributed by atoms with Gasteiger partial charge < -0.3 is 4.74 Å². The molecule has 1 heterocycles. The van der Waals surface area contributed by atoms with E-state index in [1.165, 1.54) is 13.1 Å². The van der Waals surface area contributed by atoms with Crippen molar-refractivity contribution in [1.29, 1.82) is 0 Å². The lowest BCUT2D eigenvalue weighted by molar-refractivity contribution is 0.101. The van der Waals surface area contributed by atoms with E-state index < -0.39 is 0 Å². The summed E-state index contributed by atoms with van der Waals surface area (Å²) < 4.78 is 6.77. The van der Waals surface area contributed by atoms with Gasteiger partial charge in [0.15, 0.2) is 5.78 Å². The summed E-state index contributed by atoms with van der Waals surface area (Å²) in [5.41, 5.74) is 2.79. The summed E-state index contributed by atoms with van der Waals surface area (Å²) in [5.74, 6) is 1.21. The van der Waals surface area contributed by atoms with E-state index in [1.807, 2.05) is 26.0 Å². The Labute approximate surface area is 120 Å². The molecule has 0 saturated carbocycles. The molecule has 0 radical (unpaired) electrons. The van der Waals surface area contributed by atoms with Crippen molar-refractivity contribution in [2.45, 2.75) is 20.8 Å². The number of benzene rings is 1. The minimum Gasteiger partial charge on any atom is -0.439 e. The Kier molecular flexibility index (Phi) is 4.00. The molecule has 0 aliphatic carbocycles. The lowest BCUT2D eigenvalue weighted by Gasteiger charge is -2.09. The lowest BCUT2D eigenvalue weighted by Crippen LogP contribution is -1.95. The number of rotatable bonds is 3. The minimum absolute atomic E-state index is 0.00520. The summed E-state index contributed by atoms with van der Waals surface area (Å²) in [5, 5.41) is 0. The second-order valence-electron chi connectivity index (χ2n) is 4.41. The second-order valence-corrected chi connectivity index (χ2v) is 5.21. The van der Waals surface area contributed by atoms with E-state index in [1.54, 1.807) is 12.1 Å². The third-order valence-electron chi connectivity index (χ3n) is 2.78. The van der Waals surface area contributed by atoms with Crippen molar-refractivity contribution < 1.29 is 9.53 Å². The predicted molar refractivity (Wildman–Crippen MR) is 77.9 cm³/mol. The van der Waals surface area contributed by atoms with Gasteiger partial charge in [0.1, 0.15) is 5.75 Å². The first-order valence-corrected chi connectivity index (χ1v) is 6.68. The van der Waals surface area contributed by atoms with Gasteiger partial charge in [0, 0.05) is 22.3 Å². The van der Waals surface area contributed by atoms with Gasteiger partial charge in [0.05, 0.1) is 0 Å². The van der Waals surface area contributed by atoms with Crippen LogP contribution in [0.3, 0.4) is 0 Å². The van der Waals surface area contributed by atoms with Crippen LogP contribution >= 0.6 is 15.9 Å². The van der Waals surface area contributed by atoms with E-state index in [2.05, 4.69) is 20.9 Å². The molecule has 0 amide bonds. The molecule has 98 valence electrons. The van der Waals surface area contributed by atoms with Crippen LogP contribution in [0.1, 0.15) is 28.4 Å². The normalized spacial score (nSPS) is 10.3. The van der Waals surface area contributed by atoms with Crippen LogP contribution in [0.25, 0.3) is 0 Å². The zero-order chi connectivity index (χ0) is 14.0. The summed E-state index contributed by atoms with van der Waals surface area (Å²) in [4.78, 5) is 15.3. The van der Waals surface area contributed by atoms with Crippen molar-refractivity contribution in [2.75, 3.05) is 0 Å². The maximum absolute atomic E-state index is 11.2. The zero-order valence-electron chi connectivity index (χ0n) is 11.0. The highest BCUT2D eigenvalue weighted by Gasteiger charge is 2.06. The van der Waals surface area contributed by atoms with Gasteiger partial charge in [-0.05, 0) is 50.1 Å². The van der Waals surface area contributed by atoms with Crippen LogP contribution in [0.2, 0.25) is 0 Å². The molecule has 0 atom stereocenters. The third-order valence-corrected chi connectivity index (χ3v) is 4.03. The number of carbonyl (C=O) groups excluding carboxylic acids is 1. The molecule has 4 heteroatoms. The van der Waals surface area contributed by atoms with Gasteiger partial charge in [0.2, 0.25) is 5.88 Å². The number of halogens is 1. The number of hydrogen-bond acceptors (Lipinski definition) is 3. The summed E-state index contributed by atoms with van der Waals surface area (Å²) in [6.07, 6.45) is 1.52. The van der Waals surface area contributed by atoms with E-state index in [4.69, 9.17) is 4.74 Å². The molecule has 1 aromatic heterocycles. The molecule has 1 aromatic carbocycles. The van der Waals surface area contributed by atoms with E-state index >= 15 is 0 Å². The number of pyridine rings is 1. The van der Waals surface area contributed by atoms with Crippen molar-refractivity contribution in [1.82, 2.24) is 4.98 Å². The van der Waals surface area contributed by atoms with Gasteiger partial charge in [-0.1, -0.05) is 15.9 Å². The first-order chi connectivity index (χ1) is 8.97.